The molecule has 0 aliphatic carbocycles. The summed E-state index contributed by atoms with van der Waals surface area (Å²) in [4.78, 5) is 0. The molecule has 0 aromatic heterocycles. The van der Waals surface area contributed by atoms with Gasteiger partial charge in [-0.05, 0) is 43.3 Å². The van der Waals surface area contributed by atoms with Crippen molar-refractivity contribution in [1.82, 2.24) is 0 Å². The zero-order valence-corrected chi connectivity index (χ0v) is 19.2. The summed E-state index contributed by atoms with van der Waals surface area (Å²) in [6.07, 6.45) is 0. The number of aromatic hydroxyl groups is 9. The van der Waals surface area contributed by atoms with E-state index in [9.17, 15) is 46.0 Å². The Kier molecular flexibility index (Phi) is 3.96. The largest absolute Gasteiger partial charge is 0.505 e. The smallest absolute Gasteiger partial charge is 0.258 e. The van der Waals surface area contributed by atoms with Gasteiger partial charge in [-0.15, -0.1) is 0 Å². The first kappa shape index (κ1) is 21.9. The fourth-order valence-corrected chi connectivity index (χ4v) is 6.02. The first-order valence-corrected chi connectivity index (χ1v) is 11.5. The van der Waals surface area contributed by atoms with Crippen LogP contribution in [0.3, 0.4) is 0 Å². The highest BCUT2D eigenvalue weighted by atomic mass is 16.4. The van der Waals surface area contributed by atoms with Crippen LogP contribution in [-0.2, 0) is 0 Å². The second-order valence-electron chi connectivity index (χ2n) is 9.47. The lowest BCUT2D eigenvalue weighted by molar-refractivity contribution is 0.331. The van der Waals surface area contributed by atoms with Gasteiger partial charge in [0.05, 0.1) is 0 Å². The molecule has 0 atom stereocenters. The fourth-order valence-electron chi connectivity index (χ4n) is 6.02. The van der Waals surface area contributed by atoms with E-state index in [1.54, 1.807) is 12.1 Å². The Morgan fingerprint density at radius 1 is 0.421 bits per heavy atom. The lowest BCUT2D eigenvalue weighted by Gasteiger charge is -2.19. The molecule has 0 saturated heterocycles. The summed E-state index contributed by atoms with van der Waals surface area (Å²) in [5, 5.41) is 100. The van der Waals surface area contributed by atoms with Crippen molar-refractivity contribution in [2.45, 2.75) is 0 Å². The molecule has 10 heteroatoms. The van der Waals surface area contributed by atoms with Crippen LogP contribution in [0.5, 0.6) is 51.7 Å². The predicted molar refractivity (Wildman–Crippen MR) is 142 cm³/mol. The summed E-state index contributed by atoms with van der Waals surface area (Å²) in [6, 6.07) is 15.0. The van der Waals surface area contributed by atoms with Gasteiger partial charge < -0.3 is 46.0 Å². The monoisotopic (exact) mass is 508 g/mol. The molecule has 0 saturated carbocycles. The summed E-state index contributed by atoms with van der Waals surface area (Å²) in [5.74, 6) is -8.96. The number of phenols is 9. The molecule has 186 valence electrons. The van der Waals surface area contributed by atoms with Crippen LogP contribution in [0.4, 0.5) is 0 Å². The third-order valence-electron chi connectivity index (χ3n) is 7.66. The van der Waals surface area contributed by atoms with Crippen LogP contribution >= 0.6 is 0 Å². The molecular formula is C28H17BO9. The van der Waals surface area contributed by atoms with Gasteiger partial charge in [0.1, 0.15) is 0 Å². The summed E-state index contributed by atoms with van der Waals surface area (Å²) in [5.41, 5.74) is -0.105. The van der Waals surface area contributed by atoms with E-state index in [1.807, 2.05) is 36.4 Å². The van der Waals surface area contributed by atoms with Crippen LogP contribution in [-0.4, -0.2) is 52.7 Å². The molecule has 0 amide bonds. The van der Waals surface area contributed by atoms with Gasteiger partial charge in [-0.1, -0.05) is 54.0 Å². The number of fused-ring (bicyclic) bond motifs is 4. The normalized spacial score (nSPS) is 12.6. The van der Waals surface area contributed by atoms with Gasteiger partial charge in [0.15, 0.2) is 23.0 Å². The number of benzene rings is 6. The molecule has 6 aromatic rings. The summed E-state index contributed by atoms with van der Waals surface area (Å²) < 4.78 is 0. The zero-order valence-electron chi connectivity index (χ0n) is 19.2. The molecule has 1 aliphatic heterocycles. The number of hydrogen-bond acceptors (Lipinski definition) is 9. The van der Waals surface area contributed by atoms with E-state index < -0.39 is 63.9 Å². The van der Waals surface area contributed by atoms with Crippen molar-refractivity contribution in [3.8, 4) is 62.9 Å². The van der Waals surface area contributed by atoms with Gasteiger partial charge in [0.25, 0.3) is 6.71 Å². The third kappa shape index (κ3) is 2.36. The van der Waals surface area contributed by atoms with E-state index in [4.69, 9.17) is 0 Å². The van der Waals surface area contributed by atoms with Crippen LogP contribution < -0.4 is 16.4 Å². The summed E-state index contributed by atoms with van der Waals surface area (Å²) in [7, 11) is 0. The highest BCUT2D eigenvalue weighted by Crippen LogP contribution is 2.52. The fraction of sp³-hybridized carbons (Fsp3) is 0. The van der Waals surface area contributed by atoms with Crippen molar-refractivity contribution in [1.29, 1.82) is 0 Å². The Hall–Kier alpha value is -5.38. The molecule has 1 heterocycles. The van der Waals surface area contributed by atoms with E-state index >= 15 is 0 Å². The summed E-state index contributed by atoms with van der Waals surface area (Å²) >= 11 is 0. The highest BCUT2D eigenvalue weighted by molar-refractivity contribution is 7.01. The Balaban J connectivity index is 1.74. The Morgan fingerprint density at radius 3 is 1.55 bits per heavy atom. The lowest BCUT2D eigenvalue weighted by Crippen LogP contribution is -2.49. The molecule has 0 spiro atoms. The molecule has 9 N–H and O–H groups in total. The Bertz CT molecular complexity index is 1990. The topological polar surface area (TPSA) is 182 Å². The van der Waals surface area contributed by atoms with Gasteiger partial charge in [0, 0.05) is 11.0 Å². The number of phenolic OH excluding ortho intramolecular Hbond substituents is 9. The van der Waals surface area contributed by atoms with Crippen molar-refractivity contribution in [3.05, 3.63) is 48.5 Å². The van der Waals surface area contributed by atoms with Crippen LogP contribution in [0.2, 0.25) is 0 Å². The zero-order chi connectivity index (χ0) is 26.8. The second-order valence-corrected chi connectivity index (χ2v) is 9.47. The van der Waals surface area contributed by atoms with Gasteiger partial charge in [0.2, 0.25) is 28.7 Å². The lowest BCUT2D eigenvalue weighted by atomic mass is 9.38. The molecular weight excluding hydrogens is 491 g/mol. The van der Waals surface area contributed by atoms with Crippen LogP contribution in [0.25, 0.3) is 43.4 Å². The Labute approximate surface area is 213 Å². The minimum absolute atomic E-state index is 0.0680. The first-order chi connectivity index (χ1) is 18.1. The standard InChI is InChI=1S/C28H17BO9/c30-20-17-16-12-7-6-10-3-1-2-9-4-5-11(15(12)14(9)10)8-13(16)29(18(17)21(31)25(35)24(20)34)19-22(32)26(36)28(38)27(37)23(19)33/h1-8,30-38H. The summed E-state index contributed by atoms with van der Waals surface area (Å²) in [6.45, 7) is -1.36. The van der Waals surface area contributed by atoms with E-state index in [0.717, 1.165) is 26.9 Å². The minimum Gasteiger partial charge on any atom is -0.505 e. The number of hydrogen-bond donors (Lipinski definition) is 9. The second kappa shape index (κ2) is 6.89. The molecule has 7 rings (SSSR count). The van der Waals surface area contributed by atoms with E-state index in [1.165, 1.54) is 0 Å². The molecule has 9 nitrogen and oxygen atoms in total. The van der Waals surface area contributed by atoms with Gasteiger partial charge in [-0.2, -0.15) is 0 Å². The SMILES string of the molecule is Oc1c(O)c(O)c(B2c3cc4ccc5cccc6ccc(c3-c3c(O)c(O)c(O)c(O)c32)c4c56)c(O)c1O. The molecule has 6 aromatic carbocycles. The van der Waals surface area contributed by atoms with Gasteiger partial charge in [-0.3, -0.25) is 0 Å². The van der Waals surface area contributed by atoms with E-state index in [2.05, 4.69) is 0 Å². The van der Waals surface area contributed by atoms with Crippen molar-refractivity contribution < 1.29 is 46.0 Å². The highest BCUT2D eigenvalue weighted by Gasteiger charge is 2.45. The molecule has 0 fully saturated rings. The van der Waals surface area contributed by atoms with Crippen LogP contribution in [0, 0.1) is 0 Å². The predicted octanol–water partition coefficient (Wildman–Crippen LogP) is 2.43. The molecule has 0 bridgehead atoms. The van der Waals surface area contributed by atoms with Crippen molar-refractivity contribution >= 4 is 55.4 Å². The van der Waals surface area contributed by atoms with Crippen molar-refractivity contribution in [2.75, 3.05) is 0 Å². The van der Waals surface area contributed by atoms with E-state index in [-0.39, 0.29) is 11.0 Å². The Morgan fingerprint density at radius 2 is 0.921 bits per heavy atom. The van der Waals surface area contributed by atoms with Crippen LogP contribution in [0.15, 0.2) is 48.5 Å². The maximum atomic E-state index is 11.0. The average molecular weight is 508 g/mol. The van der Waals surface area contributed by atoms with Crippen LogP contribution in [0.1, 0.15) is 0 Å². The third-order valence-corrected chi connectivity index (χ3v) is 7.66. The van der Waals surface area contributed by atoms with E-state index in [0.29, 0.717) is 16.4 Å². The van der Waals surface area contributed by atoms with Crippen molar-refractivity contribution in [3.63, 3.8) is 0 Å². The molecule has 0 unspecified atom stereocenters. The maximum absolute atomic E-state index is 11.0. The minimum atomic E-state index is -1.36. The van der Waals surface area contributed by atoms with Crippen molar-refractivity contribution in [2.24, 2.45) is 0 Å². The first-order valence-electron chi connectivity index (χ1n) is 11.5. The quantitative estimate of drug-likeness (QED) is 0.0696. The van der Waals surface area contributed by atoms with Gasteiger partial charge in [-0.25, -0.2) is 0 Å². The molecule has 1 aliphatic rings. The van der Waals surface area contributed by atoms with Gasteiger partial charge >= 0.3 is 0 Å². The number of rotatable bonds is 1. The average Bonchev–Trinajstić information content (AvgIpc) is 3.26. The maximum Gasteiger partial charge on any atom is 0.258 e. The molecule has 38 heavy (non-hydrogen) atoms. The molecule has 0 radical (unpaired) electrons.